The predicted molar refractivity (Wildman–Crippen MR) is 136 cm³/mol. The Bertz CT molecular complexity index is 1390. The Kier molecular flexibility index (Phi) is 6.92. The molecule has 0 aromatic carbocycles. The van der Waals surface area contributed by atoms with Crippen LogP contribution >= 0.6 is 11.3 Å². The summed E-state index contributed by atoms with van der Waals surface area (Å²) in [5.41, 5.74) is -0.491. The minimum absolute atomic E-state index is 0.0105. The fraction of sp³-hybridized carbons (Fsp3) is 0.522. The Morgan fingerprint density at radius 2 is 2.03 bits per heavy atom. The van der Waals surface area contributed by atoms with Crippen molar-refractivity contribution < 1.29 is 21.6 Å². The van der Waals surface area contributed by atoms with E-state index < -0.39 is 21.6 Å². The van der Waals surface area contributed by atoms with E-state index in [-0.39, 0.29) is 33.2 Å². The number of aryl methyl sites for hydroxylation is 1. The number of anilines is 3. The van der Waals surface area contributed by atoms with Gasteiger partial charge in [0.05, 0.1) is 22.4 Å². The van der Waals surface area contributed by atoms with Crippen molar-refractivity contribution in [1.29, 1.82) is 0 Å². The Labute approximate surface area is 217 Å². The molecule has 2 aliphatic rings. The Morgan fingerprint density at radius 3 is 2.73 bits per heavy atom. The third-order valence-electron chi connectivity index (χ3n) is 6.72. The quantitative estimate of drug-likeness (QED) is 0.471. The second kappa shape index (κ2) is 9.87. The molecule has 0 atom stereocenters. The van der Waals surface area contributed by atoms with Crippen molar-refractivity contribution in [3.8, 4) is 10.6 Å². The van der Waals surface area contributed by atoms with E-state index in [0.29, 0.717) is 30.2 Å². The van der Waals surface area contributed by atoms with E-state index in [1.54, 1.807) is 0 Å². The minimum Gasteiger partial charge on any atom is -0.376 e. The number of halogens is 3. The normalized spacial score (nSPS) is 18.7. The Balaban J connectivity index is 1.51. The number of piperidine rings is 1. The van der Waals surface area contributed by atoms with Gasteiger partial charge in [-0.1, -0.05) is 6.92 Å². The summed E-state index contributed by atoms with van der Waals surface area (Å²) >= 11 is 0.948. The van der Waals surface area contributed by atoms with Crippen LogP contribution in [0, 0.1) is 0 Å². The van der Waals surface area contributed by atoms with Gasteiger partial charge in [0.2, 0.25) is 5.95 Å². The summed E-state index contributed by atoms with van der Waals surface area (Å²) in [5, 5.41) is 11.0. The summed E-state index contributed by atoms with van der Waals surface area (Å²) in [6, 6.07) is 1.53. The zero-order chi connectivity index (χ0) is 26.4. The lowest BCUT2D eigenvalue weighted by molar-refractivity contribution is -0.137. The third-order valence-corrected chi connectivity index (χ3v) is 9.76. The molecule has 0 radical (unpaired) electrons. The first-order chi connectivity index (χ1) is 17.5. The molecule has 0 unspecified atom stereocenters. The maximum absolute atomic E-state index is 13.9. The average Bonchev–Trinajstić information content (AvgIpc) is 3.43. The molecule has 1 saturated heterocycles. The largest absolute Gasteiger partial charge is 0.420 e. The van der Waals surface area contributed by atoms with Crippen LogP contribution in [0.2, 0.25) is 0 Å². The van der Waals surface area contributed by atoms with Crippen LogP contribution in [0.5, 0.6) is 0 Å². The van der Waals surface area contributed by atoms with Gasteiger partial charge in [0.15, 0.2) is 15.7 Å². The van der Waals surface area contributed by atoms with E-state index in [9.17, 15) is 21.6 Å². The van der Waals surface area contributed by atoms with E-state index in [4.69, 9.17) is 0 Å². The highest BCUT2D eigenvalue weighted by Crippen LogP contribution is 2.43. The summed E-state index contributed by atoms with van der Waals surface area (Å²) in [5.74, 6) is 0.398. The van der Waals surface area contributed by atoms with Gasteiger partial charge in [0.1, 0.15) is 15.5 Å². The highest BCUT2D eigenvalue weighted by atomic mass is 32.2. The molecule has 0 amide bonds. The van der Waals surface area contributed by atoms with Gasteiger partial charge in [0, 0.05) is 24.5 Å². The third kappa shape index (κ3) is 5.32. The molecule has 2 aliphatic heterocycles. The summed E-state index contributed by atoms with van der Waals surface area (Å²) in [7, 11) is -1.52. The van der Waals surface area contributed by atoms with Crippen LogP contribution in [-0.2, 0) is 22.4 Å². The molecule has 9 nitrogen and oxygen atoms in total. The molecular weight excluding hydrogens is 527 g/mol. The number of sulfone groups is 1. The Morgan fingerprint density at radius 1 is 1.27 bits per heavy atom. The van der Waals surface area contributed by atoms with Crippen molar-refractivity contribution in [2.75, 3.05) is 43.1 Å². The number of fused-ring (bicyclic) bond motifs is 1. The monoisotopic (exact) mass is 555 g/mol. The van der Waals surface area contributed by atoms with Crippen LogP contribution in [0.15, 0.2) is 23.4 Å². The van der Waals surface area contributed by atoms with Gasteiger partial charge in [-0.15, -0.1) is 11.3 Å². The second-order valence-corrected chi connectivity index (χ2v) is 12.5. The maximum atomic E-state index is 13.9. The molecule has 200 valence electrons. The van der Waals surface area contributed by atoms with E-state index >= 15 is 0 Å². The number of hydrogen-bond donors (Lipinski definition) is 2. The number of rotatable bonds is 5. The van der Waals surface area contributed by atoms with Crippen molar-refractivity contribution in [1.82, 2.24) is 24.6 Å². The highest BCUT2D eigenvalue weighted by molar-refractivity contribution is 7.91. The lowest BCUT2D eigenvalue weighted by Crippen LogP contribution is -2.31. The number of nitrogens with zero attached hydrogens (tertiary/aromatic N) is 5. The fourth-order valence-corrected chi connectivity index (χ4v) is 7.56. The van der Waals surface area contributed by atoms with Gasteiger partial charge in [-0.2, -0.15) is 18.3 Å². The number of hydrogen-bond acceptors (Lipinski definition) is 9. The van der Waals surface area contributed by atoms with Crippen LogP contribution in [-0.4, -0.2) is 65.5 Å². The summed E-state index contributed by atoms with van der Waals surface area (Å²) in [4.78, 5) is 10.5. The number of aromatic nitrogens is 4. The van der Waals surface area contributed by atoms with Crippen molar-refractivity contribution in [2.24, 2.45) is 0 Å². The van der Waals surface area contributed by atoms with Crippen LogP contribution < -0.4 is 10.6 Å². The number of alkyl halides is 3. The van der Waals surface area contributed by atoms with Crippen molar-refractivity contribution in [3.05, 3.63) is 29.6 Å². The molecule has 37 heavy (non-hydrogen) atoms. The smallest absolute Gasteiger partial charge is 0.376 e. The molecule has 14 heteroatoms. The number of thiophene rings is 1. The first-order valence-corrected chi connectivity index (χ1v) is 14.6. The molecule has 3 aromatic rings. The van der Waals surface area contributed by atoms with Gasteiger partial charge >= 0.3 is 6.18 Å². The second-order valence-electron chi connectivity index (χ2n) is 9.35. The van der Waals surface area contributed by atoms with E-state index in [1.807, 2.05) is 17.8 Å². The van der Waals surface area contributed by atoms with E-state index in [0.717, 1.165) is 49.0 Å². The molecule has 1 fully saturated rings. The lowest BCUT2D eigenvalue weighted by Gasteiger charge is -2.28. The average molecular weight is 556 g/mol. The number of likely N-dealkylation sites (tertiary alicyclic amines) is 1. The molecule has 0 spiro atoms. The summed E-state index contributed by atoms with van der Waals surface area (Å²) in [6.45, 7) is 4.34. The van der Waals surface area contributed by atoms with Crippen LogP contribution in [0.25, 0.3) is 10.6 Å². The minimum atomic E-state index is -4.72. The van der Waals surface area contributed by atoms with Crippen LogP contribution in [0.4, 0.5) is 29.9 Å². The first-order valence-electron chi connectivity index (χ1n) is 12.1. The number of nitrogens with one attached hydrogen (secondary N) is 2. The molecule has 5 rings (SSSR count). The van der Waals surface area contributed by atoms with Crippen molar-refractivity contribution in [2.45, 2.75) is 49.7 Å². The van der Waals surface area contributed by atoms with Crippen molar-refractivity contribution in [3.63, 3.8) is 0 Å². The van der Waals surface area contributed by atoms with Crippen LogP contribution in [0.3, 0.4) is 0 Å². The molecule has 0 bridgehead atoms. The standard InChI is InChI=1S/C23H28F3N7O2S2/c1-3-14-13-33(15-5-8-32(2)9-6-15)31-20(14)30-22-28-12-16(23(24,25)26)19(29-22)17-11-18-21(36-17)27-7-4-10-37(18,34)35/h11-13,15,27H,3-10H2,1-2H3,(H,28,29,30,31). The van der Waals surface area contributed by atoms with Gasteiger partial charge < -0.3 is 15.5 Å². The zero-order valence-electron chi connectivity index (χ0n) is 20.5. The summed E-state index contributed by atoms with van der Waals surface area (Å²) < 4.78 is 68.9. The zero-order valence-corrected chi connectivity index (χ0v) is 22.1. The van der Waals surface area contributed by atoms with Gasteiger partial charge in [-0.25, -0.2) is 18.4 Å². The SMILES string of the molecule is CCc1cn(C2CCN(C)CC2)nc1Nc1ncc(C(F)(F)F)c(-c2cc3c(s2)NCCCS3(=O)=O)n1. The fourth-order valence-electron chi connectivity index (χ4n) is 4.60. The molecule has 0 saturated carbocycles. The van der Waals surface area contributed by atoms with E-state index in [1.165, 1.54) is 6.07 Å². The molecular formula is C23H28F3N7O2S2. The van der Waals surface area contributed by atoms with Crippen molar-refractivity contribution >= 4 is 37.9 Å². The first kappa shape index (κ1) is 25.9. The van der Waals surface area contributed by atoms with E-state index in [2.05, 4.69) is 37.6 Å². The topological polar surface area (TPSA) is 105 Å². The Hall–Kier alpha value is -2.71. The molecule has 2 N–H and O–H groups in total. The van der Waals surface area contributed by atoms with Gasteiger partial charge in [-0.05, 0) is 51.9 Å². The maximum Gasteiger partial charge on any atom is 0.420 e. The van der Waals surface area contributed by atoms with Gasteiger partial charge in [0.25, 0.3) is 0 Å². The lowest BCUT2D eigenvalue weighted by atomic mass is 10.1. The molecule has 0 aliphatic carbocycles. The predicted octanol–water partition coefficient (Wildman–Crippen LogP) is 4.58. The molecule has 5 heterocycles. The van der Waals surface area contributed by atoms with Gasteiger partial charge in [-0.3, -0.25) is 4.68 Å². The highest BCUT2D eigenvalue weighted by Gasteiger charge is 2.37. The summed E-state index contributed by atoms with van der Waals surface area (Å²) in [6.07, 6.45) is 1.00. The van der Waals surface area contributed by atoms with Crippen LogP contribution in [0.1, 0.15) is 43.4 Å². The molecule has 3 aromatic heterocycles.